The van der Waals surface area contributed by atoms with Crippen molar-refractivity contribution in [1.82, 2.24) is 9.80 Å². The SMILES string of the molecule is Cc1cc(C)cc(NC(=O)CN2CCN(Cc3ccc(Cl)c(Cl)c3)CC2)c1. The Morgan fingerprint density at radius 2 is 1.56 bits per heavy atom. The Kier molecular flexibility index (Phi) is 6.77. The first-order valence-corrected chi connectivity index (χ1v) is 9.91. The zero-order valence-electron chi connectivity index (χ0n) is 15.8. The molecular weight excluding hydrogens is 381 g/mol. The summed E-state index contributed by atoms with van der Waals surface area (Å²) in [6.45, 7) is 8.95. The van der Waals surface area contributed by atoms with Crippen molar-refractivity contribution in [3.05, 3.63) is 63.1 Å². The molecule has 2 aromatic rings. The van der Waals surface area contributed by atoms with Crippen LogP contribution in [0.25, 0.3) is 0 Å². The largest absolute Gasteiger partial charge is 0.325 e. The second-order valence-corrected chi connectivity index (χ2v) is 8.04. The molecule has 144 valence electrons. The van der Waals surface area contributed by atoms with Crippen LogP contribution in [0.1, 0.15) is 16.7 Å². The highest BCUT2D eigenvalue weighted by molar-refractivity contribution is 6.42. The van der Waals surface area contributed by atoms with E-state index in [9.17, 15) is 4.79 Å². The van der Waals surface area contributed by atoms with Gasteiger partial charge in [0.25, 0.3) is 0 Å². The molecule has 0 spiro atoms. The summed E-state index contributed by atoms with van der Waals surface area (Å²) in [5.41, 5.74) is 4.34. The van der Waals surface area contributed by atoms with E-state index < -0.39 is 0 Å². The Bertz CT molecular complexity index is 797. The molecule has 0 unspecified atom stereocenters. The van der Waals surface area contributed by atoms with Crippen LogP contribution in [0.4, 0.5) is 5.69 Å². The highest BCUT2D eigenvalue weighted by atomic mass is 35.5. The maximum atomic E-state index is 12.4. The van der Waals surface area contributed by atoms with Crippen molar-refractivity contribution in [2.24, 2.45) is 0 Å². The highest BCUT2D eigenvalue weighted by Gasteiger charge is 2.19. The van der Waals surface area contributed by atoms with Gasteiger partial charge in [-0.25, -0.2) is 0 Å². The quantitative estimate of drug-likeness (QED) is 0.801. The monoisotopic (exact) mass is 405 g/mol. The maximum Gasteiger partial charge on any atom is 0.238 e. The highest BCUT2D eigenvalue weighted by Crippen LogP contribution is 2.23. The van der Waals surface area contributed by atoms with Gasteiger partial charge in [0.1, 0.15) is 0 Å². The van der Waals surface area contributed by atoms with Crippen molar-refractivity contribution < 1.29 is 4.79 Å². The van der Waals surface area contributed by atoms with Crippen molar-refractivity contribution >= 4 is 34.8 Å². The van der Waals surface area contributed by atoms with Crippen LogP contribution in [-0.4, -0.2) is 48.4 Å². The first-order chi connectivity index (χ1) is 12.9. The van der Waals surface area contributed by atoms with Gasteiger partial charge in [-0.15, -0.1) is 0 Å². The molecule has 0 bridgehead atoms. The van der Waals surface area contributed by atoms with Gasteiger partial charge in [-0.1, -0.05) is 35.3 Å². The smallest absolute Gasteiger partial charge is 0.238 e. The van der Waals surface area contributed by atoms with Gasteiger partial charge in [-0.2, -0.15) is 0 Å². The van der Waals surface area contributed by atoms with Crippen LogP contribution in [0.2, 0.25) is 10.0 Å². The number of hydrogen-bond donors (Lipinski definition) is 1. The molecule has 2 aromatic carbocycles. The minimum absolute atomic E-state index is 0.0398. The number of carbonyl (C=O) groups is 1. The van der Waals surface area contributed by atoms with E-state index >= 15 is 0 Å². The summed E-state index contributed by atoms with van der Waals surface area (Å²) in [6.07, 6.45) is 0. The third-order valence-electron chi connectivity index (χ3n) is 4.73. The van der Waals surface area contributed by atoms with Gasteiger partial charge in [0, 0.05) is 38.4 Å². The molecule has 4 nitrogen and oxygen atoms in total. The number of aryl methyl sites for hydroxylation is 2. The molecule has 27 heavy (non-hydrogen) atoms. The molecule has 1 heterocycles. The molecule has 1 fully saturated rings. The van der Waals surface area contributed by atoms with E-state index in [-0.39, 0.29) is 5.91 Å². The standard InChI is InChI=1S/C21H25Cl2N3O/c1-15-9-16(2)11-18(10-15)24-21(27)14-26-7-5-25(6-8-26)13-17-3-4-19(22)20(23)12-17/h3-4,9-12H,5-8,13-14H2,1-2H3,(H,24,27). The van der Waals surface area contributed by atoms with E-state index in [0.717, 1.165) is 55.1 Å². The number of hydrogen-bond acceptors (Lipinski definition) is 3. The van der Waals surface area contributed by atoms with Crippen molar-refractivity contribution in [2.45, 2.75) is 20.4 Å². The van der Waals surface area contributed by atoms with E-state index in [0.29, 0.717) is 16.6 Å². The number of piperazine rings is 1. The number of benzene rings is 2. The molecule has 1 amide bonds. The van der Waals surface area contributed by atoms with Crippen molar-refractivity contribution in [3.63, 3.8) is 0 Å². The number of nitrogens with one attached hydrogen (secondary N) is 1. The van der Waals surface area contributed by atoms with E-state index in [1.165, 1.54) is 0 Å². The lowest BCUT2D eigenvalue weighted by molar-refractivity contribution is -0.117. The molecule has 0 aliphatic carbocycles. The lowest BCUT2D eigenvalue weighted by Crippen LogP contribution is -2.48. The number of carbonyl (C=O) groups excluding carboxylic acids is 1. The van der Waals surface area contributed by atoms with Gasteiger partial charge in [0.2, 0.25) is 5.91 Å². The first kappa shape index (κ1) is 20.2. The van der Waals surface area contributed by atoms with Crippen molar-refractivity contribution in [2.75, 3.05) is 38.0 Å². The first-order valence-electron chi connectivity index (χ1n) is 9.16. The summed E-state index contributed by atoms with van der Waals surface area (Å²) < 4.78 is 0. The summed E-state index contributed by atoms with van der Waals surface area (Å²) in [6, 6.07) is 11.9. The number of nitrogens with zero attached hydrogens (tertiary/aromatic N) is 2. The molecular formula is C21H25Cl2N3O. The van der Waals surface area contributed by atoms with Gasteiger partial charge in [0.05, 0.1) is 16.6 Å². The van der Waals surface area contributed by atoms with E-state index in [1.807, 2.05) is 44.2 Å². The zero-order chi connectivity index (χ0) is 19.4. The average Bonchev–Trinajstić information content (AvgIpc) is 2.59. The maximum absolute atomic E-state index is 12.4. The summed E-state index contributed by atoms with van der Waals surface area (Å²) >= 11 is 12.1. The topological polar surface area (TPSA) is 35.6 Å². The lowest BCUT2D eigenvalue weighted by atomic mass is 10.1. The third kappa shape index (κ3) is 5.94. The van der Waals surface area contributed by atoms with E-state index in [1.54, 1.807) is 0 Å². The van der Waals surface area contributed by atoms with Crippen LogP contribution < -0.4 is 5.32 Å². The van der Waals surface area contributed by atoms with Gasteiger partial charge in [-0.3, -0.25) is 14.6 Å². The van der Waals surface area contributed by atoms with Gasteiger partial charge >= 0.3 is 0 Å². The second kappa shape index (κ2) is 9.07. The number of amides is 1. The summed E-state index contributed by atoms with van der Waals surface area (Å²) in [7, 11) is 0. The molecule has 0 radical (unpaired) electrons. The lowest BCUT2D eigenvalue weighted by Gasteiger charge is -2.34. The molecule has 0 aromatic heterocycles. The Hall–Kier alpha value is -1.59. The van der Waals surface area contributed by atoms with Crippen molar-refractivity contribution in [1.29, 1.82) is 0 Å². The molecule has 1 saturated heterocycles. The van der Waals surface area contributed by atoms with Crippen LogP contribution >= 0.6 is 23.2 Å². The Balaban J connectivity index is 1.46. The fraction of sp³-hybridized carbons (Fsp3) is 0.381. The Labute approximate surface area is 171 Å². The molecule has 3 rings (SSSR count). The van der Waals surface area contributed by atoms with Crippen LogP contribution in [0.15, 0.2) is 36.4 Å². The van der Waals surface area contributed by atoms with Gasteiger partial charge < -0.3 is 5.32 Å². The van der Waals surface area contributed by atoms with Crippen LogP contribution in [0.5, 0.6) is 0 Å². The molecule has 0 atom stereocenters. The molecule has 1 N–H and O–H groups in total. The molecule has 6 heteroatoms. The van der Waals surface area contributed by atoms with Crippen molar-refractivity contribution in [3.8, 4) is 0 Å². The van der Waals surface area contributed by atoms with Gasteiger partial charge in [0.15, 0.2) is 0 Å². The molecule has 1 aliphatic heterocycles. The Morgan fingerprint density at radius 1 is 0.926 bits per heavy atom. The summed E-state index contributed by atoms with van der Waals surface area (Å²) in [5.74, 6) is 0.0398. The zero-order valence-corrected chi connectivity index (χ0v) is 17.3. The minimum Gasteiger partial charge on any atom is -0.325 e. The fourth-order valence-electron chi connectivity index (χ4n) is 3.45. The summed E-state index contributed by atoms with van der Waals surface area (Å²) in [4.78, 5) is 16.9. The van der Waals surface area contributed by atoms with Crippen LogP contribution in [0.3, 0.4) is 0 Å². The number of rotatable bonds is 5. The van der Waals surface area contributed by atoms with Crippen LogP contribution in [-0.2, 0) is 11.3 Å². The third-order valence-corrected chi connectivity index (χ3v) is 5.47. The van der Waals surface area contributed by atoms with E-state index in [2.05, 4.69) is 21.2 Å². The predicted octanol–water partition coefficient (Wildman–Crippen LogP) is 4.37. The number of anilines is 1. The predicted molar refractivity (Wildman–Crippen MR) is 113 cm³/mol. The normalized spacial score (nSPS) is 15.7. The molecule has 0 saturated carbocycles. The average molecular weight is 406 g/mol. The second-order valence-electron chi connectivity index (χ2n) is 7.23. The minimum atomic E-state index is 0.0398. The Morgan fingerprint density at radius 3 is 2.19 bits per heavy atom. The van der Waals surface area contributed by atoms with Gasteiger partial charge in [-0.05, 0) is 54.8 Å². The molecule has 1 aliphatic rings. The fourth-order valence-corrected chi connectivity index (χ4v) is 3.77. The summed E-state index contributed by atoms with van der Waals surface area (Å²) in [5, 5.41) is 4.19. The number of halogens is 2. The van der Waals surface area contributed by atoms with E-state index in [4.69, 9.17) is 23.2 Å². The van der Waals surface area contributed by atoms with Crippen LogP contribution in [0, 0.1) is 13.8 Å².